The Hall–Kier alpha value is -2.71. The summed E-state index contributed by atoms with van der Waals surface area (Å²) in [5.41, 5.74) is 1.41. The molecule has 1 N–H and O–H groups in total. The zero-order chi connectivity index (χ0) is 19.6. The summed E-state index contributed by atoms with van der Waals surface area (Å²) in [6.45, 7) is 1.43. The van der Waals surface area contributed by atoms with E-state index in [-0.39, 0.29) is 23.1 Å². The smallest absolute Gasteiger partial charge is 0.287 e. The number of sulfonamides is 1. The monoisotopic (exact) mass is 399 g/mol. The normalized spacial score (nSPS) is 15.6. The average molecular weight is 399 g/mol. The van der Waals surface area contributed by atoms with E-state index in [4.69, 9.17) is 4.42 Å². The molecule has 8 heteroatoms. The van der Waals surface area contributed by atoms with Crippen molar-refractivity contribution in [3.63, 3.8) is 0 Å². The van der Waals surface area contributed by atoms with E-state index < -0.39 is 10.0 Å². The molecule has 7 nitrogen and oxygen atoms in total. The molecule has 0 radical (unpaired) electrons. The molecule has 1 saturated heterocycles. The van der Waals surface area contributed by atoms with Crippen molar-refractivity contribution in [1.82, 2.24) is 14.6 Å². The van der Waals surface area contributed by atoms with Crippen molar-refractivity contribution in [2.24, 2.45) is 0 Å². The van der Waals surface area contributed by atoms with Gasteiger partial charge in [0.25, 0.3) is 5.91 Å². The standard InChI is InChI=1S/C20H21N3O4S/c24-20(19-12-16-14-21-9-8-18(16)27-19)22-13-15-4-6-17(7-5-15)28(25,26)23-10-2-1-3-11-23/h4-9,12,14H,1-3,10-11,13H2,(H,22,24). The molecule has 1 aromatic carbocycles. The topological polar surface area (TPSA) is 92.5 Å². The van der Waals surface area contributed by atoms with Crippen LogP contribution >= 0.6 is 0 Å². The molecule has 0 aliphatic carbocycles. The first-order valence-corrected chi connectivity index (χ1v) is 10.7. The van der Waals surface area contributed by atoms with Crippen molar-refractivity contribution in [2.45, 2.75) is 30.7 Å². The van der Waals surface area contributed by atoms with Gasteiger partial charge in [-0.05, 0) is 42.7 Å². The van der Waals surface area contributed by atoms with E-state index in [0.29, 0.717) is 18.7 Å². The van der Waals surface area contributed by atoms with Crippen LogP contribution < -0.4 is 5.32 Å². The first-order chi connectivity index (χ1) is 13.5. The van der Waals surface area contributed by atoms with Crippen LogP contribution in [0.2, 0.25) is 0 Å². The van der Waals surface area contributed by atoms with Gasteiger partial charge in [0.1, 0.15) is 5.58 Å². The highest BCUT2D eigenvalue weighted by Gasteiger charge is 2.25. The highest BCUT2D eigenvalue weighted by atomic mass is 32.2. The van der Waals surface area contributed by atoms with Crippen LogP contribution in [-0.2, 0) is 16.6 Å². The van der Waals surface area contributed by atoms with Gasteiger partial charge in [0.2, 0.25) is 10.0 Å². The number of nitrogens with zero attached hydrogens (tertiary/aromatic N) is 2. The maximum absolute atomic E-state index is 12.7. The number of carbonyl (C=O) groups excluding carboxylic acids is 1. The van der Waals surface area contributed by atoms with E-state index >= 15 is 0 Å². The van der Waals surface area contributed by atoms with Gasteiger partial charge in [0, 0.05) is 37.4 Å². The molecule has 0 unspecified atom stereocenters. The number of rotatable bonds is 5. The summed E-state index contributed by atoms with van der Waals surface area (Å²) in [6.07, 6.45) is 6.12. The maximum atomic E-state index is 12.7. The summed E-state index contributed by atoms with van der Waals surface area (Å²) >= 11 is 0. The number of carbonyl (C=O) groups is 1. The Labute approximate surface area is 163 Å². The second-order valence-corrected chi connectivity index (χ2v) is 8.75. The summed E-state index contributed by atoms with van der Waals surface area (Å²) in [7, 11) is -3.44. The number of amides is 1. The number of hydrogen-bond acceptors (Lipinski definition) is 5. The van der Waals surface area contributed by atoms with E-state index in [1.165, 1.54) is 0 Å². The fourth-order valence-corrected chi connectivity index (χ4v) is 4.82. The van der Waals surface area contributed by atoms with Gasteiger partial charge in [0.05, 0.1) is 4.90 Å². The van der Waals surface area contributed by atoms with Crippen LogP contribution in [0.1, 0.15) is 35.4 Å². The third kappa shape index (κ3) is 3.79. The molecule has 1 aliphatic heterocycles. The Morgan fingerprint density at radius 1 is 1.11 bits per heavy atom. The van der Waals surface area contributed by atoms with Gasteiger partial charge in [0.15, 0.2) is 5.76 Å². The highest BCUT2D eigenvalue weighted by molar-refractivity contribution is 7.89. The number of nitrogens with one attached hydrogen (secondary N) is 1. The molecule has 3 aromatic rings. The molecule has 2 aromatic heterocycles. The van der Waals surface area contributed by atoms with Gasteiger partial charge in [-0.3, -0.25) is 9.78 Å². The predicted molar refractivity (Wildman–Crippen MR) is 104 cm³/mol. The van der Waals surface area contributed by atoms with Crippen LogP contribution in [0.4, 0.5) is 0 Å². The lowest BCUT2D eigenvalue weighted by atomic mass is 10.2. The molecule has 3 heterocycles. The maximum Gasteiger partial charge on any atom is 0.287 e. The number of fused-ring (bicyclic) bond motifs is 1. The minimum absolute atomic E-state index is 0.215. The number of hydrogen-bond donors (Lipinski definition) is 1. The Balaban J connectivity index is 1.41. The summed E-state index contributed by atoms with van der Waals surface area (Å²) in [5.74, 6) is -0.117. The molecule has 1 aliphatic rings. The van der Waals surface area contributed by atoms with Gasteiger partial charge >= 0.3 is 0 Å². The summed E-state index contributed by atoms with van der Waals surface area (Å²) in [5, 5.41) is 3.55. The molecule has 146 valence electrons. The van der Waals surface area contributed by atoms with Crippen LogP contribution in [0.5, 0.6) is 0 Å². The van der Waals surface area contributed by atoms with Crippen molar-refractivity contribution in [2.75, 3.05) is 13.1 Å². The SMILES string of the molecule is O=C(NCc1ccc(S(=O)(=O)N2CCCCC2)cc1)c1cc2cnccc2o1. The molecule has 0 bridgehead atoms. The van der Waals surface area contributed by atoms with Gasteiger partial charge in [-0.15, -0.1) is 0 Å². The van der Waals surface area contributed by atoms with Crippen LogP contribution in [0.25, 0.3) is 11.0 Å². The van der Waals surface area contributed by atoms with Crippen LogP contribution in [0.3, 0.4) is 0 Å². The van der Waals surface area contributed by atoms with Gasteiger partial charge in [-0.2, -0.15) is 4.31 Å². The van der Waals surface area contributed by atoms with Crippen molar-refractivity contribution in [1.29, 1.82) is 0 Å². The number of aromatic nitrogens is 1. The van der Waals surface area contributed by atoms with E-state index in [2.05, 4.69) is 10.3 Å². The second-order valence-electron chi connectivity index (χ2n) is 6.82. The zero-order valence-electron chi connectivity index (χ0n) is 15.3. The lowest BCUT2D eigenvalue weighted by Crippen LogP contribution is -2.35. The average Bonchev–Trinajstić information content (AvgIpc) is 3.17. The first kappa shape index (κ1) is 18.6. The molecule has 28 heavy (non-hydrogen) atoms. The highest BCUT2D eigenvalue weighted by Crippen LogP contribution is 2.21. The molecule has 1 amide bonds. The van der Waals surface area contributed by atoms with E-state index in [1.54, 1.807) is 53.1 Å². The van der Waals surface area contributed by atoms with Gasteiger partial charge < -0.3 is 9.73 Å². The molecular formula is C20H21N3O4S. The van der Waals surface area contributed by atoms with E-state index in [1.807, 2.05) is 0 Å². The third-order valence-corrected chi connectivity index (χ3v) is 6.78. The first-order valence-electron chi connectivity index (χ1n) is 9.25. The van der Waals surface area contributed by atoms with Crippen molar-refractivity contribution in [3.8, 4) is 0 Å². The quantitative estimate of drug-likeness (QED) is 0.712. The largest absolute Gasteiger partial charge is 0.451 e. The molecule has 4 rings (SSSR count). The van der Waals surface area contributed by atoms with Gasteiger partial charge in [-0.25, -0.2) is 8.42 Å². The molecule has 0 spiro atoms. The van der Waals surface area contributed by atoms with Crippen molar-refractivity contribution in [3.05, 3.63) is 60.1 Å². The molecular weight excluding hydrogens is 378 g/mol. The van der Waals surface area contributed by atoms with Crippen LogP contribution in [0.15, 0.2) is 58.1 Å². The number of piperidine rings is 1. The Kier molecular flexibility index (Phi) is 5.15. The van der Waals surface area contributed by atoms with Crippen LogP contribution in [0, 0.1) is 0 Å². The van der Waals surface area contributed by atoms with E-state index in [0.717, 1.165) is 30.2 Å². The molecule has 0 atom stereocenters. The minimum atomic E-state index is -3.44. The summed E-state index contributed by atoms with van der Waals surface area (Å²) in [6, 6.07) is 9.98. The minimum Gasteiger partial charge on any atom is -0.451 e. The Morgan fingerprint density at radius 3 is 2.57 bits per heavy atom. The van der Waals surface area contributed by atoms with Gasteiger partial charge in [-0.1, -0.05) is 18.6 Å². The fourth-order valence-electron chi connectivity index (χ4n) is 3.30. The number of furan rings is 1. The van der Waals surface area contributed by atoms with Crippen molar-refractivity contribution < 1.29 is 17.6 Å². The Morgan fingerprint density at radius 2 is 1.86 bits per heavy atom. The van der Waals surface area contributed by atoms with Crippen LogP contribution in [-0.4, -0.2) is 36.7 Å². The van der Waals surface area contributed by atoms with E-state index in [9.17, 15) is 13.2 Å². The molecule has 1 fully saturated rings. The Bertz CT molecular complexity index is 1050. The van der Waals surface area contributed by atoms with Crippen molar-refractivity contribution >= 4 is 26.9 Å². The third-order valence-electron chi connectivity index (χ3n) is 4.87. The predicted octanol–water partition coefficient (Wildman–Crippen LogP) is 2.93. The number of benzene rings is 1. The number of pyridine rings is 1. The lowest BCUT2D eigenvalue weighted by molar-refractivity contribution is 0.0925. The zero-order valence-corrected chi connectivity index (χ0v) is 16.1. The lowest BCUT2D eigenvalue weighted by Gasteiger charge is -2.25. The fraction of sp³-hybridized carbons (Fsp3) is 0.300. The summed E-state index contributed by atoms with van der Waals surface area (Å²) < 4.78 is 32.4. The summed E-state index contributed by atoms with van der Waals surface area (Å²) in [4.78, 5) is 16.6. The second kappa shape index (κ2) is 7.73. The molecule has 0 saturated carbocycles.